The SMILES string of the molecule is CCN(CC(=O)c1ccc(C)cc1C)C1CCNCC1. The van der Waals surface area contributed by atoms with Crippen LogP contribution in [0.25, 0.3) is 0 Å². The maximum Gasteiger partial charge on any atom is 0.177 e. The molecule has 1 fully saturated rings. The van der Waals surface area contributed by atoms with E-state index in [1.807, 2.05) is 19.1 Å². The molecule has 1 aliphatic rings. The molecule has 1 aliphatic heterocycles. The lowest BCUT2D eigenvalue weighted by Gasteiger charge is -2.33. The minimum Gasteiger partial charge on any atom is -0.317 e. The summed E-state index contributed by atoms with van der Waals surface area (Å²) in [7, 11) is 0. The lowest BCUT2D eigenvalue weighted by Crippen LogP contribution is -2.45. The number of piperidine rings is 1. The second kappa shape index (κ2) is 7.00. The Labute approximate surface area is 122 Å². The molecule has 0 spiro atoms. The number of nitrogens with one attached hydrogen (secondary N) is 1. The van der Waals surface area contributed by atoms with Crippen LogP contribution in [-0.4, -0.2) is 42.9 Å². The highest BCUT2D eigenvalue weighted by molar-refractivity contribution is 5.99. The van der Waals surface area contributed by atoms with Crippen molar-refractivity contribution in [1.29, 1.82) is 0 Å². The van der Waals surface area contributed by atoms with Gasteiger partial charge in [-0.15, -0.1) is 0 Å². The normalized spacial score (nSPS) is 16.6. The zero-order valence-electron chi connectivity index (χ0n) is 12.9. The Morgan fingerprint density at radius 1 is 1.30 bits per heavy atom. The molecular weight excluding hydrogens is 248 g/mol. The van der Waals surface area contributed by atoms with Crippen LogP contribution < -0.4 is 5.32 Å². The average molecular weight is 274 g/mol. The molecule has 1 heterocycles. The van der Waals surface area contributed by atoms with Crippen LogP contribution in [0.2, 0.25) is 0 Å². The average Bonchev–Trinajstić information content (AvgIpc) is 2.45. The molecule has 0 aliphatic carbocycles. The van der Waals surface area contributed by atoms with E-state index >= 15 is 0 Å². The van der Waals surface area contributed by atoms with E-state index in [2.05, 4.69) is 30.1 Å². The Balaban J connectivity index is 2.04. The Morgan fingerprint density at radius 2 is 2.00 bits per heavy atom. The van der Waals surface area contributed by atoms with E-state index in [9.17, 15) is 4.79 Å². The Bertz CT molecular complexity index is 464. The lowest BCUT2D eigenvalue weighted by molar-refractivity contribution is 0.0873. The number of aryl methyl sites for hydroxylation is 2. The van der Waals surface area contributed by atoms with Crippen molar-refractivity contribution in [1.82, 2.24) is 10.2 Å². The maximum absolute atomic E-state index is 12.5. The van der Waals surface area contributed by atoms with Gasteiger partial charge in [-0.3, -0.25) is 9.69 Å². The third kappa shape index (κ3) is 3.68. The number of ketones is 1. The second-order valence-electron chi connectivity index (χ2n) is 5.79. The van der Waals surface area contributed by atoms with Crippen molar-refractivity contribution in [3.8, 4) is 0 Å². The van der Waals surface area contributed by atoms with Gasteiger partial charge in [0.25, 0.3) is 0 Å². The summed E-state index contributed by atoms with van der Waals surface area (Å²) in [5, 5.41) is 3.38. The highest BCUT2D eigenvalue weighted by atomic mass is 16.1. The molecule has 1 N–H and O–H groups in total. The molecule has 0 amide bonds. The van der Waals surface area contributed by atoms with Gasteiger partial charge in [0, 0.05) is 11.6 Å². The number of carbonyl (C=O) groups excluding carboxylic acids is 1. The van der Waals surface area contributed by atoms with Crippen LogP contribution >= 0.6 is 0 Å². The van der Waals surface area contributed by atoms with Gasteiger partial charge in [-0.25, -0.2) is 0 Å². The van der Waals surface area contributed by atoms with Crippen molar-refractivity contribution in [3.63, 3.8) is 0 Å². The quantitative estimate of drug-likeness (QED) is 0.838. The summed E-state index contributed by atoms with van der Waals surface area (Å²) in [6.45, 7) is 9.87. The first-order chi connectivity index (χ1) is 9.61. The number of rotatable bonds is 5. The monoisotopic (exact) mass is 274 g/mol. The van der Waals surface area contributed by atoms with E-state index in [-0.39, 0.29) is 5.78 Å². The third-order valence-electron chi connectivity index (χ3n) is 4.26. The number of carbonyl (C=O) groups is 1. The highest BCUT2D eigenvalue weighted by Crippen LogP contribution is 2.15. The van der Waals surface area contributed by atoms with Gasteiger partial charge in [-0.05, 0) is 51.9 Å². The van der Waals surface area contributed by atoms with Crippen LogP contribution in [-0.2, 0) is 0 Å². The fourth-order valence-electron chi connectivity index (χ4n) is 3.07. The van der Waals surface area contributed by atoms with Gasteiger partial charge in [0.15, 0.2) is 5.78 Å². The van der Waals surface area contributed by atoms with Gasteiger partial charge >= 0.3 is 0 Å². The molecule has 2 rings (SSSR count). The van der Waals surface area contributed by atoms with Gasteiger partial charge in [-0.2, -0.15) is 0 Å². The molecule has 20 heavy (non-hydrogen) atoms. The lowest BCUT2D eigenvalue weighted by atomic mass is 10.00. The molecule has 0 bridgehead atoms. The number of likely N-dealkylation sites (N-methyl/N-ethyl adjacent to an activating group) is 1. The van der Waals surface area contributed by atoms with Gasteiger partial charge in [-0.1, -0.05) is 30.7 Å². The summed E-state index contributed by atoms with van der Waals surface area (Å²) < 4.78 is 0. The number of Topliss-reactive ketones (excluding diaryl/α,β-unsaturated/α-hetero) is 1. The van der Waals surface area contributed by atoms with E-state index in [1.54, 1.807) is 0 Å². The van der Waals surface area contributed by atoms with Crippen molar-refractivity contribution < 1.29 is 4.79 Å². The van der Waals surface area contributed by atoms with E-state index in [1.165, 1.54) is 5.56 Å². The largest absolute Gasteiger partial charge is 0.317 e. The van der Waals surface area contributed by atoms with Crippen molar-refractivity contribution in [2.75, 3.05) is 26.2 Å². The summed E-state index contributed by atoms with van der Waals surface area (Å²) in [6, 6.07) is 6.65. The van der Waals surface area contributed by atoms with Crippen LogP contribution in [0.15, 0.2) is 18.2 Å². The molecule has 0 radical (unpaired) electrons. The predicted molar refractivity (Wildman–Crippen MR) is 83.4 cm³/mol. The van der Waals surface area contributed by atoms with E-state index in [4.69, 9.17) is 0 Å². The van der Waals surface area contributed by atoms with Crippen molar-refractivity contribution >= 4 is 5.78 Å². The van der Waals surface area contributed by atoms with Crippen molar-refractivity contribution in [2.24, 2.45) is 0 Å². The molecule has 0 saturated carbocycles. The van der Waals surface area contributed by atoms with E-state index < -0.39 is 0 Å². The van der Waals surface area contributed by atoms with Crippen molar-refractivity contribution in [3.05, 3.63) is 34.9 Å². The number of hydrogen-bond donors (Lipinski definition) is 1. The molecule has 110 valence electrons. The first-order valence-electron chi connectivity index (χ1n) is 7.67. The van der Waals surface area contributed by atoms with E-state index in [0.717, 1.165) is 43.6 Å². The van der Waals surface area contributed by atoms with Crippen LogP contribution in [0.3, 0.4) is 0 Å². The topological polar surface area (TPSA) is 32.3 Å². The molecule has 1 saturated heterocycles. The van der Waals surface area contributed by atoms with Gasteiger partial charge < -0.3 is 5.32 Å². The number of nitrogens with zero attached hydrogens (tertiary/aromatic N) is 1. The van der Waals surface area contributed by atoms with Crippen molar-refractivity contribution in [2.45, 2.75) is 39.7 Å². The minimum absolute atomic E-state index is 0.253. The summed E-state index contributed by atoms with van der Waals surface area (Å²) in [5.74, 6) is 0.253. The van der Waals surface area contributed by atoms with Crippen LogP contribution in [0.4, 0.5) is 0 Å². The minimum atomic E-state index is 0.253. The van der Waals surface area contributed by atoms with Crippen LogP contribution in [0.1, 0.15) is 41.3 Å². The summed E-state index contributed by atoms with van der Waals surface area (Å²) in [5.41, 5.74) is 3.18. The molecule has 1 aromatic rings. The standard InChI is InChI=1S/C17H26N2O/c1-4-19(15-7-9-18-10-8-15)12-17(20)16-6-5-13(2)11-14(16)3/h5-6,11,15,18H,4,7-10,12H2,1-3H3. The fourth-order valence-corrected chi connectivity index (χ4v) is 3.07. The molecule has 0 atom stereocenters. The fraction of sp³-hybridized carbons (Fsp3) is 0.588. The highest BCUT2D eigenvalue weighted by Gasteiger charge is 2.22. The van der Waals surface area contributed by atoms with Gasteiger partial charge in [0.05, 0.1) is 6.54 Å². The van der Waals surface area contributed by atoms with E-state index in [0.29, 0.717) is 12.6 Å². The van der Waals surface area contributed by atoms with Crippen LogP contribution in [0, 0.1) is 13.8 Å². The predicted octanol–water partition coefficient (Wildman–Crippen LogP) is 2.56. The molecule has 0 aromatic heterocycles. The molecule has 3 heteroatoms. The van der Waals surface area contributed by atoms with Gasteiger partial charge in [0.2, 0.25) is 0 Å². The first kappa shape index (κ1) is 15.2. The molecule has 1 aromatic carbocycles. The Hall–Kier alpha value is -1.19. The van der Waals surface area contributed by atoms with Crippen LogP contribution in [0.5, 0.6) is 0 Å². The zero-order valence-corrected chi connectivity index (χ0v) is 12.9. The smallest absolute Gasteiger partial charge is 0.177 e. The second-order valence-corrected chi connectivity index (χ2v) is 5.79. The third-order valence-corrected chi connectivity index (χ3v) is 4.26. The molecular formula is C17H26N2O. The Morgan fingerprint density at radius 3 is 2.60 bits per heavy atom. The summed E-state index contributed by atoms with van der Waals surface area (Å²) in [6.07, 6.45) is 2.29. The maximum atomic E-state index is 12.5. The van der Waals surface area contributed by atoms with Gasteiger partial charge in [0.1, 0.15) is 0 Å². The molecule has 0 unspecified atom stereocenters. The number of benzene rings is 1. The summed E-state index contributed by atoms with van der Waals surface area (Å²) in [4.78, 5) is 14.9. The molecule has 3 nitrogen and oxygen atoms in total. The number of hydrogen-bond acceptors (Lipinski definition) is 3. The summed E-state index contributed by atoms with van der Waals surface area (Å²) >= 11 is 0. The Kier molecular flexibility index (Phi) is 5.32. The first-order valence-corrected chi connectivity index (χ1v) is 7.67. The zero-order chi connectivity index (χ0) is 14.5.